The summed E-state index contributed by atoms with van der Waals surface area (Å²) in [6, 6.07) is 12.6. The highest BCUT2D eigenvalue weighted by molar-refractivity contribution is 6.46. The van der Waals surface area contributed by atoms with Gasteiger partial charge in [-0.2, -0.15) is 0 Å². The first kappa shape index (κ1) is 25.9. The van der Waals surface area contributed by atoms with E-state index in [9.17, 15) is 14.7 Å². The van der Waals surface area contributed by atoms with Crippen molar-refractivity contribution in [1.29, 1.82) is 0 Å². The number of hydrogen-bond donors (Lipinski definition) is 1. The first-order valence-corrected chi connectivity index (χ1v) is 12.5. The molecular weight excluding hydrogens is 456 g/mol. The number of morpholine rings is 1. The summed E-state index contributed by atoms with van der Waals surface area (Å²) in [6.07, 6.45) is 0. The zero-order valence-corrected chi connectivity index (χ0v) is 21.8. The van der Waals surface area contributed by atoms with E-state index in [2.05, 4.69) is 25.7 Å². The van der Waals surface area contributed by atoms with Crippen LogP contribution in [0.1, 0.15) is 49.1 Å². The molecule has 36 heavy (non-hydrogen) atoms. The normalized spacial score (nSPS) is 20.7. The number of aryl methyl sites for hydroxylation is 1. The molecule has 2 fully saturated rings. The molecule has 2 aromatic rings. The molecule has 0 aromatic heterocycles. The number of ketones is 1. The van der Waals surface area contributed by atoms with Crippen LogP contribution in [0.5, 0.6) is 5.75 Å². The second kappa shape index (κ2) is 10.4. The maximum atomic E-state index is 13.3. The van der Waals surface area contributed by atoms with Gasteiger partial charge in [-0.15, -0.1) is 0 Å². The third-order valence-corrected chi connectivity index (χ3v) is 7.06. The number of carbonyl (C=O) groups is 2. The molecule has 0 bridgehead atoms. The van der Waals surface area contributed by atoms with Gasteiger partial charge in [-0.25, -0.2) is 0 Å². The predicted octanol–water partition coefficient (Wildman–Crippen LogP) is 4.06. The molecule has 1 amide bonds. The van der Waals surface area contributed by atoms with Crippen molar-refractivity contribution in [1.82, 2.24) is 9.80 Å². The number of likely N-dealkylation sites (tertiary alicyclic amines) is 1. The highest BCUT2D eigenvalue weighted by Crippen LogP contribution is 2.40. The number of hydrogen-bond acceptors (Lipinski definition) is 6. The number of aliphatic hydroxyl groups is 1. The number of ether oxygens (including phenoxy) is 2. The van der Waals surface area contributed by atoms with E-state index in [1.54, 1.807) is 30.2 Å². The summed E-state index contributed by atoms with van der Waals surface area (Å²) in [5.41, 5.74) is 3.36. The van der Waals surface area contributed by atoms with Crippen molar-refractivity contribution in [2.24, 2.45) is 0 Å². The average molecular weight is 493 g/mol. The zero-order chi connectivity index (χ0) is 26.0. The van der Waals surface area contributed by atoms with Crippen LogP contribution in [0.25, 0.3) is 5.76 Å². The Balaban J connectivity index is 1.76. The van der Waals surface area contributed by atoms with E-state index < -0.39 is 17.7 Å². The molecule has 0 aliphatic carbocycles. The van der Waals surface area contributed by atoms with Crippen molar-refractivity contribution in [3.8, 4) is 5.75 Å². The van der Waals surface area contributed by atoms with Gasteiger partial charge in [0.15, 0.2) is 0 Å². The summed E-state index contributed by atoms with van der Waals surface area (Å²) in [5.74, 6) is -0.725. The average Bonchev–Trinajstić information content (AvgIpc) is 3.12. The van der Waals surface area contributed by atoms with Gasteiger partial charge in [0.2, 0.25) is 0 Å². The van der Waals surface area contributed by atoms with E-state index in [0.717, 1.165) is 29.8 Å². The lowest BCUT2D eigenvalue weighted by Crippen LogP contribution is -2.42. The number of methoxy groups -OCH3 is 1. The summed E-state index contributed by atoms with van der Waals surface area (Å²) in [4.78, 5) is 30.4. The Kier molecular flexibility index (Phi) is 7.52. The van der Waals surface area contributed by atoms with E-state index in [1.807, 2.05) is 31.2 Å². The molecule has 1 atom stereocenters. The molecule has 0 radical (unpaired) electrons. The van der Waals surface area contributed by atoms with Crippen molar-refractivity contribution in [2.45, 2.75) is 39.2 Å². The second-order valence-electron chi connectivity index (χ2n) is 10.5. The predicted molar refractivity (Wildman–Crippen MR) is 139 cm³/mol. The zero-order valence-electron chi connectivity index (χ0n) is 21.8. The molecule has 7 nitrogen and oxygen atoms in total. The summed E-state index contributed by atoms with van der Waals surface area (Å²) in [6.45, 7) is 12.2. The lowest BCUT2D eigenvalue weighted by molar-refractivity contribution is -0.140. The van der Waals surface area contributed by atoms with Crippen molar-refractivity contribution in [3.63, 3.8) is 0 Å². The number of benzene rings is 2. The fourth-order valence-corrected chi connectivity index (χ4v) is 4.88. The van der Waals surface area contributed by atoms with Crippen molar-refractivity contribution >= 4 is 17.4 Å². The monoisotopic (exact) mass is 492 g/mol. The second-order valence-corrected chi connectivity index (χ2v) is 10.5. The van der Waals surface area contributed by atoms with E-state index in [-0.39, 0.29) is 16.7 Å². The SMILES string of the molecule is COc1ccc(/C(O)=C2/C(=O)C(=O)N(CCN3CCOCC3)C2c2ccc(C(C)(C)C)cc2)cc1C. The standard InChI is InChI=1S/C29H36N2O5/c1-19-18-21(8-11-23(19)35-5)26(32)24-25(20-6-9-22(10-7-20)29(2,3)4)31(28(34)27(24)33)13-12-30-14-16-36-17-15-30/h6-11,18,25,32H,12-17H2,1-5H3/b26-24-. The van der Waals surface area contributed by atoms with Crippen molar-refractivity contribution in [2.75, 3.05) is 46.5 Å². The summed E-state index contributed by atoms with van der Waals surface area (Å²) < 4.78 is 10.8. The molecule has 7 heteroatoms. The Bertz CT molecular complexity index is 1160. The first-order chi connectivity index (χ1) is 17.1. The molecule has 0 spiro atoms. The van der Waals surface area contributed by atoms with Crippen LogP contribution in [0.15, 0.2) is 48.0 Å². The molecule has 2 aromatic carbocycles. The number of rotatable bonds is 6. The Labute approximate surface area is 213 Å². The third-order valence-electron chi connectivity index (χ3n) is 7.06. The van der Waals surface area contributed by atoms with E-state index in [4.69, 9.17) is 9.47 Å². The van der Waals surface area contributed by atoms with Crippen LogP contribution in [-0.4, -0.2) is 73.1 Å². The van der Waals surface area contributed by atoms with Gasteiger partial charge in [0.25, 0.3) is 11.7 Å². The minimum absolute atomic E-state index is 0.0305. The van der Waals surface area contributed by atoms with Crippen LogP contribution in [0.2, 0.25) is 0 Å². The van der Waals surface area contributed by atoms with Crippen LogP contribution in [-0.2, 0) is 19.7 Å². The lowest BCUT2D eigenvalue weighted by atomic mass is 9.85. The van der Waals surface area contributed by atoms with Crippen LogP contribution >= 0.6 is 0 Å². The maximum absolute atomic E-state index is 13.3. The Morgan fingerprint density at radius 1 is 1.06 bits per heavy atom. The molecule has 1 unspecified atom stereocenters. The van der Waals surface area contributed by atoms with E-state index in [1.165, 1.54) is 0 Å². The number of Topliss-reactive ketones (excluding diaryl/α,β-unsaturated/α-hetero) is 1. The summed E-state index contributed by atoms with van der Waals surface area (Å²) in [7, 11) is 1.59. The molecule has 2 heterocycles. The lowest BCUT2D eigenvalue weighted by Gasteiger charge is -2.31. The molecular formula is C29H36N2O5. The van der Waals surface area contributed by atoms with Crippen LogP contribution in [0, 0.1) is 6.92 Å². The van der Waals surface area contributed by atoms with Crippen LogP contribution in [0.4, 0.5) is 0 Å². The van der Waals surface area contributed by atoms with Gasteiger partial charge in [-0.3, -0.25) is 14.5 Å². The highest BCUT2D eigenvalue weighted by atomic mass is 16.5. The van der Waals surface area contributed by atoms with Crippen molar-refractivity contribution in [3.05, 3.63) is 70.3 Å². The molecule has 4 rings (SSSR count). The van der Waals surface area contributed by atoms with Gasteiger partial charge in [0.1, 0.15) is 11.5 Å². The highest BCUT2D eigenvalue weighted by Gasteiger charge is 2.46. The Hall–Kier alpha value is -3.16. The van der Waals surface area contributed by atoms with Crippen LogP contribution < -0.4 is 4.74 Å². The van der Waals surface area contributed by atoms with Gasteiger partial charge in [-0.05, 0) is 47.2 Å². The van der Waals surface area contributed by atoms with Gasteiger partial charge in [0, 0.05) is 31.7 Å². The quantitative estimate of drug-likeness (QED) is 0.372. The van der Waals surface area contributed by atoms with Crippen LogP contribution in [0.3, 0.4) is 0 Å². The molecule has 2 aliphatic rings. The fraction of sp³-hybridized carbons (Fsp3) is 0.448. The number of carbonyl (C=O) groups excluding carboxylic acids is 2. The number of aliphatic hydroxyl groups excluding tert-OH is 1. The largest absolute Gasteiger partial charge is 0.507 e. The summed E-state index contributed by atoms with van der Waals surface area (Å²) >= 11 is 0. The topological polar surface area (TPSA) is 79.3 Å². The minimum atomic E-state index is -0.664. The first-order valence-electron chi connectivity index (χ1n) is 12.5. The van der Waals surface area contributed by atoms with Gasteiger partial charge < -0.3 is 19.5 Å². The number of amides is 1. The molecule has 0 saturated carbocycles. The maximum Gasteiger partial charge on any atom is 0.295 e. The van der Waals surface area contributed by atoms with Gasteiger partial charge in [0.05, 0.1) is 31.9 Å². The Morgan fingerprint density at radius 3 is 2.31 bits per heavy atom. The minimum Gasteiger partial charge on any atom is -0.507 e. The third kappa shape index (κ3) is 5.18. The van der Waals surface area contributed by atoms with Gasteiger partial charge >= 0.3 is 0 Å². The Morgan fingerprint density at radius 2 is 1.72 bits per heavy atom. The van der Waals surface area contributed by atoms with E-state index in [0.29, 0.717) is 37.6 Å². The van der Waals surface area contributed by atoms with E-state index >= 15 is 0 Å². The summed E-state index contributed by atoms with van der Waals surface area (Å²) in [5, 5.41) is 11.4. The smallest absolute Gasteiger partial charge is 0.295 e. The fourth-order valence-electron chi connectivity index (χ4n) is 4.88. The molecule has 2 saturated heterocycles. The molecule has 2 aliphatic heterocycles. The number of nitrogens with zero attached hydrogens (tertiary/aromatic N) is 2. The molecule has 1 N–H and O–H groups in total. The molecule has 192 valence electrons. The van der Waals surface area contributed by atoms with Gasteiger partial charge in [-0.1, -0.05) is 45.0 Å². The van der Waals surface area contributed by atoms with Crippen molar-refractivity contribution < 1.29 is 24.2 Å².